The van der Waals surface area contributed by atoms with Crippen molar-refractivity contribution in [1.29, 1.82) is 0 Å². The maximum Gasteiger partial charge on any atom is 0.512 e. The van der Waals surface area contributed by atoms with Gasteiger partial charge in [0.1, 0.15) is 0 Å². The number of amides is 1. The highest BCUT2D eigenvalue weighted by Gasteiger charge is 2.30. The lowest BCUT2D eigenvalue weighted by molar-refractivity contribution is -0.137. The third-order valence-electron chi connectivity index (χ3n) is 4.09. The van der Waals surface area contributed by atoms with Crippen molar-refractivity contribution in [2.75, 3.05) is 10.6 Å². The van der Waals surface area contributed by atoms with Crippen LogP contribution in [0.1, 0.15) is 21.5 Å². The highest BCUT2D eigenvalue weighted by Crippen LogP contribution is 2.31. The Morgan fingerprint density at radius 3 is 2.55 bits per heavy atom. The summed E-state index contributed by atoms with van der Waals surface area (Å²) in [6.45, 7) is 0.215. The van der Waals surface area contributed by atoms with E-state index in [0.29, 0.717) is 11.3 Å². The van der Waals surface area contributed by atoms with Gasteiger partial charge in [-0.05, 0) is 42.0 Å². The van der Waals surface area contributed by atoms with E-state index in [4.69, 9.17) is 5.11 Å². The van der Waals surface area contributed by atoms with Crippen LogP contribution in [-0.2, 0) is 12.7 Å². The van der Waals surface area contributed by atoms with Crippen molar-refractivity contribution in [3.63, 3.8) is 0 Å². The second-order valence-corrected chi connectivity index (χ2v) is 6.30. The molecule has 0 fully saturated rings. The first-order valence-corrected chi connectivity index (χ1v) is 8.89. The van der Waals surface area contributed by atoms with Crippen LogP contribution in [0.4, 0.5) is 29.3 Å². The van der Waals surface area contributed by atoms with Crippen molar-refractivity contribution in [1.82, 2.24) is 4.98 Å². The van der Waals surface area contributed by atoms with E-state index in [1.807, 2.05) is 0 Å². The van der Waals surface area contributed by atoms with Gasteiger partial charge < -0.3 is 20.5 Å². The number of rotatable bonds is 6. The molecule has 0 saturated carbocycles. The van der Waals surface area contributed by atoms with Gasteiger partial charge in [-0.1, -0.05) is 18.2 Å². The number of benzene rings is 2. The summed E-state index contributed by atoms with van der Waals surface area (Å²) in [5.41, 5.74) is 0.438. The van der Waals surface area contributed by atoms with Crippen LogP contribution in [0.2, 0.25) is 0 Å². The van der Waals surface area contributed by atoms with E-state index < -0.39 is 23.8 Å². The summed E-state index contributed by atoms with van der Waals surface area (Å²) in [6, 6.07) is 13.9. The zero-order valence-corrected chi connectivity index (χ0v) is 15.8. The number of para-hydroxylation sites is 1. The molecular weight excluding hydrogens is 415 g/mol. The van der Waals surface area contributed by atoms with E-state index >= 15 is 0 Å². The van der Waals surface area contributed by atoms with Gasteiger partial charge in [-0.2, -0.15) is 13.2 Å². The summed E-state index contributed by atoms with van der Waals surface area (Å²) in [4.78, 5) is 27.1. The number of carbonyl (C=O) groups excluding carboxylic acids is 1. The Balaban J connectivity index is 1.73. The van der Waals surface area contributed by atoms with Crippen LogP contribution < -0.4 is 15.4 Å². The van der Waals surface area contributed by atoms with Gasteiger partial charge in [0.2, 0.25) is 5.88 Å². The molecule has 0 radical (unpaired) electrons. The summed E-state index contributed by atoms with van der Waals surface area (Å²) in [7, 11) is 0. The molecule has 0 atom stereocenters. The summed E-state index contributed by atoms with van der Waals surface area (Å²) in [6.07, 6.45) is -4.63. The average molecular weight is 431 g/mol. The van der Waals surface area contributed by atoms with Crippen LogP contribution >= 0.6 is 0 Å². The molecule has 2 aromatic carbocycles. The molecule has 0 aliphatic heterocycles. The molecule has 0 saturated heterocycles. The fraction of sp³-hybridized carbons (Fsp3) is 0.0952. The fourth-order valence-electron chi connectivity index (χ4n) is 2.71. The Labute approximate surface area is 174 Å². The molecule has 3 aromatic rings. The Kier molecular flexibility index (Phi) is 6.39. The maximum atomic E-state index is 12.9. The topological polar surface area (TPSA) is 101 Å². The zero-order chi connectivity index (χ0) is 22.4. The average Bonchev–Trinajstić information content (AvgIpc) is 2.72. The van der Waals surface area contributed by atoms with Crippen LogP contribution in [-0.4, -0.2) is 22.2 Å². The van der Waals surface area contributed by atoms with E-state index in [0.717, 1.165) is 12.1 Å². The first-order chi connectivity index (χ1) is 14.7. The molecule has 0 aliphatic rings. The van der Waals surface area contributed by atoms with Crippen LogP contribution in [0.3, 0.4) is 0 Å². The standard InChI is InChI=1S/C21H16F3N3O4/c22-21(23,24)14-4-3-5-15(11-14)27-19(28)16-6-1-2-7-17(16)26-12-13-8-9-25-18(10-13)31-20(29)30/h1-11,26H,12H2,(H,27,28)(H,29,30). The van der Waals surface area contributed by atoms with Crippen molar-refractivity contribution in [2.45, 2.75) is 12.7 Å². The number of aromatic nitrogens is 1. The molecule has 10 heteroatoms. The smallest absolute Gasteiger partial charge is 0.449 e. The minimum Gasteiger partial charge on any atom is -0.449 e. The Morgan fingerprint density at radius 1 is 1.03 bits per heavy atom. The molecule has 1 aromatic heterocycles. The van der Waals surface area contributed by atoms with Crippen molar-refractivity contribution < 1.29 is 32.6 Å². The van der Waals surface area contributed by atoms with Crippen LogP contribution in [0.25, 0.3) is 0 Å². The molecule has 0 spiro atoms. The van der Waals surface area contributed by atoms with Crippen molar-refractivity contribution in [2.24, 2.45) is 0 Å². The highest BCUT2D eigenvalue weighted by molar-refractivity contribution is 6.08. The van der Waals surface area contributed by atoms with Gasteiger partial charge in [0.05, 0.1) is 11.1 Å². The lowest BCUT2D eigenvalue weighted by atomic mass is 10.1. The molecule has 1 amide bonds. The fourth-order valence-corrected chi connectivity index (χ4v) is 2.71. The number of carbonyl (C=O) groups is 2. The number of alkyl halides is 3. The number of hydrogen-bond acceptors (Lipinski definition) is 5. The quantitative estimate of drug-likeness (QED) is 0.474. The molecule has 0 aliphatic carbocycles. The maximum absolute atomic E-state index is 12.9. The van der Waals surface area contributed by atoms with Gasteiger partial charge in [0.15, 0.2) is 0 Å². The predicted molar refractivity (Wildman–Crippen MR) is 106 cm³/mol. The van der Waals surface area contributed by atoms with Gasteiger partial charge in [-0.25, -0.2) is 9.78 Å². The van der Waals surface area contributed by atoms with E-state index in [1.54, 1.807) is 24.3 Å². The largest absolute Gasteiger partial charge is 0.512 e. The van der Waals surface area contributed by atoms with E-state index in [2.05, 4.69) is 20.4 Å². The molecule has 3 rings (SSSR count). The van der Waals surface area contributed by atoms with Crippen molar-refractivity contribution in [3.8, 4) is 5.88 Å². The van der Waals surface area contributed by atoms with Crippen LogP contribution in [0.15, 0.2) is 66.9 Å². The number of pyridine rings is 1. The molecule has 0 bridgehead atoms. The number of halogens is 3. The normalized spacial score (nSPS) is 10.9. The second-order valence-electron chi connectivity index (χ2n) is 6.30. The number of ether oxygens (including phenoxy) is 1. The Morgan fingerprint density at radius 2 is 1.81 bits per heavy atom. The number of hydrogen-bond donors (Lipinski definition) is 3. The summed E-state index contributed by atoms with van der Waals surface area (Å²) < 4.78 is 43.2. The first-order valence-electron chi connectivity index (χ1n) is 8.89. The number of nitrogens with zero attached hydrogens (tertiary/aromatic N) is 1. The van der Waals surface area contributed by atoms with Crippen LogP contribution in [0.5, 0.6) is 5.88 Å². The molecule has 7 nitrogen and oxygen atoms in total. The molecule has 31 heavy (non-hydrogen) atoms. The monoisotopic (exact) mass is 431 g/mol. The molecule has 1 heterocycles. The van der Waals surface area contributed by atoms with Gasteiger partial charge in [-0.15, -0.1) is 0 Å². The van der Waals surface area contributed by atoms with Gasteiger partial charge in [0.25, 0.3) is 5.91 Å². The molecule has 3 N–H and O–H groups in total. The Hall–Kier alpha value is -4.08. The van der Waals surface area contributed by atoms with E-state index in [9.17, 15) is 22.8 Å². The van der Waals surface area contributed by atoms with Gasteiger partial charge in [0, 0.05) is 30.2 Å². The number of nitrogens with one attached hydrogen (secondary N) is 2. The van der Waals surface area contributed by atoms with Gasteiger partial charge >= 0.3 is 12.3 Å². The molecular formula is C21H16F3N3O4. The third-order valence-corrected chi connectivity index (χ3v) is 4.09. The molecule has 160 valence electrons. The van der Waals surface area contributed by atoms with Crippen LogP contribution in [0, 0.1) is 0 Å². The first kappa shape index (κ1) is 21.6. The zero-order valence-electron chi connectivity index (χ0n) is 15.8. The van der Waals surface area contributed by atoms with E-state index in [-0.39, 0.29) is 23.7 Å². The lowest BCUT2D eigenvalue weighted by Crippen LogP contribution is -2.15. The predicted octanol–water partition coefficient (Wildman–Crippen LogP) is 5.02. The second kappa shape index (κ2) is 9.16. The molecule has 0 unspecified atom stereocenters. The van der Waals surface area contributed by atoms with Crippen molar-refractivity contribution >= 4 is 23.4 Å². The summed E-state index contributed by atoms with van der Waals surface area (Å²) >= 11 is 0. The summed E-state index contributed by atoms with van der Waals surface area (Å²) in [5.74, 6) is -0.686. The third kappa shape index (κ3) is 5.95. The minimum absolute atomic E-state index is 0.0132. The van der Waals surface area contributed by atoms with E-state index in [1.165, 1.54) is 30.5 Å². The number of carboxylic acid groups (broad SMARTS) is 1. The lowest BCUT2D eigenvalue weighted by Gasteiger charge is -2.13. The van der Waals surface area contributed by atoms with Crippen molar-refractivity contribution in [3.05, 3.63) is 83.6 Å². The minimum atomic E-state index is -4.52. The van der Waals surface area contributed by atoms with Gasteiger partial charge in [-0.3, -0.25) is 4.79 Å². The SMILES string of the molecule is O=C(O)Oc1cc(CNc2ccccc2C(=O)Nc2cccc(C(F)(F)F)c2)ccn1. The Bertz CT molecular complexity index is 1100. The summed E-state index contributed by atoms with van der Waals surface area (Å²) in [5, 5.41) is 14.2. The highest BCUT2D eigenvalue weighted by atomic mass is 19.4. The number of anilines is 2.